The maximum atomic E-state index is 11.5. The third-order valence-electron chi connectivity index (χ3n) is 3.77. The zero-order valence-electron chi connectivity index (χ0n) is 11.8. The van der Waals surface area contributed by atoms with E-state index >= 15 is 0 Å². The number of piperazine rings is 1. The molecule has 7 nitrogen and oxygen atoms in total. The molecule has 1 saturated heterocycles. The number of rotatable bonds is 3. The summed E-state index contributed by atoms with van der Waals surface area (Å²) in [5, 5.41) is 10.0. The second kappa shape index (κ2) is 5.36. The second-order valence-corrected chi connectivity index (χ2v) is 7.25. The molecule has 0 radical (unpaired) electrons. The number of aromatic hydroxyl groups is 1. The van der Waals surface area contributed by atoms with Crippen molar-refractivity contribution in [1.82, 2.24) is 9.21 Å². The average Bonchev–Trinajstić information content (AvgIpc) is 2.86. The number of fused-ring (bicyclic) bond motifs is 1. The minimum absolute atomic E-state index is 0.171. The Morgan fingerprint density at radius 3 is 2.38 bits per heavy atom. The highest BCUT2D eigenvalue weighted by atomic mass is 32.2. The van der Waals surface area contributed by atoms with Crippen LogP contribution in [-0.2, 0) is 16.6 Å². The molecule has 0 atom stereocenters. The van der Waals surface area contributed by atoms with Crippen LogP contribution in [-0.4, -0.2) is 62.0 Å². The molecule has 0 aliphatic carbocycles. The van der Waals surface area contributed by atoms with Crippen molar-refractivity contribution in [3.8, 4) is 17.2 Å². The van der Waals surface area contributed by atoms with Gasteiger partial charge < -0.3 is 14.6 Å². The van der Waals surface area contributed by atoms with Gasteiger partial charge >= 0.3 is 0 Å². The lowest BCUT2D eigenvalue weighted by molar-refractivity contribution is 0.173. The minimum atomic E-state index is -3.12. The number of sulfonamides is 1. The molecular formula is C13H18N2O5S. The summed E-state index contributed by atoms with van der Waals surface area (Å²) in [6.07, 6.45) is 1.23. The molecule has 21 heavy (non-hydrogen) atoms. The molecular weight excluding hydrogens is 296 g/mol. The lowest BCUT2D eigenvalue weighted by Gasteiger charge is -2.33. The number of benzene rings is 1. The molecule has 0 spiro atoms. The molecule has 3 rings (SSSR count). The van der Waals surface area contributed by atoms with E-state index in [1.54, 1.807) is 12.1 Å². The van der Waals surface area contributed by atoms with Gasteiger partial charge in [-0.2, -0.15) is 4.31 Å². The predicted molar refractivity (Wildman–Crippen MR) is 75.9 cm³/mol. The molecule has 1 aromatic rings. The summed E-state index contributed by atoms with van der Waals surface area (Å²) in [4.78, 5) is 2.11. The smallest absolute Gasteiger partial charge is 0.231 e. The van der Waals surface area contributed by atoms with E-state index in [-0.39, 0.29) is 12.5 Å². The molecule has 0 bridgehead atoms. The number of phenols is 1. The first-order valence-corrected chi connectivity index (χ1v) is 8.57. The van der Waals surface area contributed by atoms with Gasteiger partial charge in [0.2, 0.25) is 16.8 Å². The summed E-state index contributed by atoms with van der Waals surface area (Å²) >= 11 is 0. The summed E-state index contributed by atoms with van der Waals surface area (Å²) in [5.74, 6) is 1.36. The Hall–Kier alpha value is -1.51. The fraction of sp³-hybridized carbons (Fsp3) is 0.538. The van der Waals surface area contributed by atoms with E-state index in [2.05, 4.69) is 4.90 Å². The van der Waals surface area contributed by atoms with E-state index < -0.39 is 10.0 Å². The first-order valence-electron chi connectivity index (χ1n) is 6.72. The molecule has 0 aromatic heterocycles. The van der Waals surface area contributed by atoms with Crippen molar-refractivity contribution in [2.24, 2.45) is 0 Å². The lowest BCUT2D eigenvalue weighted by Crippen LogP contribution is -2.47. The molecule has 116 valence electrons. The van der Waals surface area contributed by atoms with Crippen LogP contribution in [0.2, 0.25) is 0 Å². The van der Waals surface area contributed by atoms with Gasteiger partial charge in [-0.05, 0) is 6.07 Å². The van der Waals surface area contributed by atoms with Crippen LogP contribution in [0.3, 0.4) is 0 Å². The summed E-state index contributed by atoms with van der Waals surface area (Å²) in [5.41, 5.74) is 0.757. The van der Waals surface area contributed by atoms with Crippen LogP contribution in [0.1, 0.15) is 5.56 Å². The Morgan fingerprint density at radius 1 is 1.14 bits per heavy atom. The van der Waals surface area contributed by atoms with E-state index in [0.29, 0.717) is 44.2 Å². The number of nitrogens with zero attached hydrogens (tertiary/aromatic N) is 2. The Morgan fingerprint density at radius 2 is 1.76 bits per heavy atom. The third kappa shape index (κ3) is 3.07. The number of phenolic OH excluding ortho intramolecular Hbond substituents is 1. The first-order chi connectivity index (χ1) is 9.93. The van der Waals surface area contributed by atoms with Crippen molar-refractivity contribution in [1.29, 1.82) is 0 Å². The van der Waals surface area contributed by atoms with Crippen molar-refractivity contribution in [2.45, 2.75) is 6.54 Å². The molecule has 2 aliphatic heterocycles. The fourth-order valence-electron chi connectivity index (χ4n) is 2.56. The maximum absolute atomic E-state index is 11.5. The molecule has 0 saturated carbocycles. The quantitative estimate of drug-likeness (QED) is 0.858. The summed E-state index contributed by atoms with van der Waals surface area (Å²) in [6.45, 7) is 2.96. The van der Waals surface area contributed by atoms with Crippen LogP contribution in [0.4, 0.5) is 0 Å². The zero-order chi connectivity index (χ0) is 15.0. The van der Waals surface area contributed by atoms with E-state index in [0.717, 1.165) is 5.56 Å². The molecule has 1 N–H and O–H groups in total. The van der Waals surface area contributed by atoms with E-state index in [4.69, 9.17) is 9.47 Å². The van der Waals surface area contributed by atoms with Crippen LogP contribution < -0.4 is 9.47 Å². The fourth-order valence-corrected chi connectivity index (χ4v) is 3.39. The Labute approximate surface area is 123 Å². The molecule has 2 aliphatic rings. The van der Waals surface area contributed by atoms with Gasteiger partial charge in [-0.25, -0.2) is 8.42 Å². The summed E-state index contributed by atoms with van der Waals surface area (Å²) in [7, 11) is -3.12. The monoisotopic (exact) mass is 314 g/mol. The Kier molecular flexibility index (Phi) is 3.68. The van der Waals surface area contributed by atoms with Gasteiger partial charge in [-0.15, -0.1) is 0 Å². The van der Waals surface area contributed by atoms with Gasteiger partial charge in [0.1, 0.15) is 5.75 Å². The standard InChI is InChI=1S/C13H18N2O5S/c1-21(17,18)15-4-2-14(3-5-15)8-10-6-12-13(7-11(10)16)20-9-19-12/h6-7,16H,2-5,8-9H2,1H3. The average molecular weight is 314 g/mol. The van der Waals surface area contributed by atoms with Gasteiger partial charge in [0.25, 0.3) is 0 Å². The van der Waals surface area contributed by atoms with Crippen LogP contribution in [0.5, 0.6) is 17.2 Å². The van der Waals surface area contributed by atoms with E-state index in [1.165, 1.54) is 10.6 Å². The Balaban J connectivity index is 1.66. The van der Waals surface area contributed by atoms with Gasteiger partial charge in [-0.1, -0.05) is 0 Å². The molecule has 1 aromatic carbocycles. The summed E-state index contributed by atoms with van der Waals surface area (Å²) < 4.78 is 34.9. The minimum Gasteiger partial charge on any atom is -0.507 e. The predicted octanol–water partition coefficient (Wildman–Crippen LogP) is 0.198. The molecule has 8 heteroatoms. The number of hydrogen-bond donors (Lipinski definition) is 1. The molecule has 1 fully saturated rings. The van der Waals surface area contributed by atoms with Gasteiger partial charge in [0.15, 0.2) is 11.5 Å². The van der Waals surface area contributed by atoms with E-state index in [1.807, 2.05) is 0 Å². The molecule has 2 heterocycles. The normalized spacial score (nSPS) is 19.9. The van der Waals surface area contributed by atoms with Gasteiger partial charge in [-0.3, -0.25) is 4.90 Å². The van der Waals surface area contributed by atoms with Crippen molar-refractivity contribution in [3.63, 3.8) is 0 Å². The van der Waals surface area contributed by atoms with Crippen molar-refractivity contribution < 1.29 is 23.0 Å². The number of hydrogen-bond acceptors (Lipinski definition) is 6. The van der Waals surface area contributed by atoms with Crippen LogP contribution in [0.25, 0.3) is 0 Å². The summed E-state index contributed by atoms with van der Waals surface area (Å²) in [6, 6.07) is 3.34. The van der Waals surface area contributed by atoms with Gasteiger partial charge in [0.05, 0.1) is 6.26 Å². The van der Waals surface area contributed by atoms with Crippen LogP contribution in [0, 0.1) is 0 Å². The van der Waals surface area contributed by atoms with Crippen molar-refractivity contribution in [2.75, 3.05) is 39.2 Å². The highest BCUT2D eigenvalue weighted by Crippen LogP contribution is 2.38. The highest BCUT2D eigenvalue weighted by Gasteiger charge is 2.24. The largest absolute Gasteiger partial charge is 0.507 e. The Bertz CT molecular complexity index is 638. The molecule has 0 unspecified atom stereocenters. The van der Waals surface area contributed by atoms with Crippen molar-refractivity contribution in [3.05, 3.63) is 17.7 Å². The van der Waals surface area contributed by atoms with Crippen LogP contribution >= 0.6 is 0 Å². The number of ether oxygens (including phenoxy) is 2. The maximum Gasteiger partial charge on any atom is 0.231 e. The third-order valence-corrected chi connectivity index (χ3v) is 5.07. The van der Waals surface area contributed by atoms with Crippen molar-refractivity contribution >= 4 is 10.0 Å². The zero-order valence-corrected chi connectivity index (χ0v) is 12.6. The van der Waals surface area contributed by atoms with Crippen LogP contribution in [0.15, 0.2) is 12.1 Å². The first kappa shape index (κ1) is 14.4. The van der Waals surface area contributed by atoms with Gasteiger partial charge in [0, 0.05) is 44.4 Å². The lowest BCUT2D eigenvalue weighted by atomic mass is 10.1. The molecule has 0 amide bonds. The van der Waals surface area contributed by atoms with E-state index in [9.17, 15) is 13.5 Å². The topological polar surface area (TPSA) is 79.3 Å². The highest BCUT2D eigenvalue weighted by molar-refractivity contribution is 7.88. The SMILES string of the molecule is CS(=O)(=O)N1CCN(Cc2cc3c(cc2O)OCO3)CC1. The second-order valence-electron chi connectivity index (χ2n) is 5.27.